The number of aromatic nitrogens is 3. The van der Waals surface area contributed by atoms with Gasteiger partial charge in [0.25, 0.3) is 5.56 Å². The Morgan fingerprint density at radius 3 is 2.84 bits per heavy atom. The molecule has 0 radical (unpaired) electrons. The first-order valence-corrected chi connectivity index (χ1v) is 5.52. The molecule has 0 saturated carbocycles. The Hall–Kier alpha value is -2.64. The van der Waals surface area contributed by atoms with Crippen LogP contribution < -0.4 is 11.2 Å². The Bertz CT molecular complexity index is 724. The SMILES string of the molecule is CCc1cnc(Cn2cc(C(=O)O)c(=O)[nH]c2=O)o1. The van der Waals surface area contributed by atoms with Gasteiger partial charge in [-0.3, -0.25) is 14.3 Å². The maximum atomic E-state index is 11.5. The van der Waals surface area contributed by atoms with Crippen molar-refractivity contribution in [3.05, 3.63) is 50.4 Å². The summed E-state index contributed by atoms with van der Waals surface area (Å²) >= 11 is 0. The molecule has 2 aromatic heterocycles. The summed E-state index contributed by atoms with van der Waals surface area (Å²) in [5, 5.41) is 8.81. The predicted octanol–water partition coefficient (Wildman–Crippen LogP) is -0.166. The zero-order valence-electron chi connectivity index (χ0n) is 10.0. The lowest BCUT2D eigenvalue weighted by molar-refractivity contribution is 0.0693. The zero-order valence-corrected chi connectivity index (χ0v) is 10.0. The minimum absolute atomic E-state index is 0.0457. The van der Waals surface area contributed by atoms with Gasteiger partial charge in [-0.2, -0.15) is 0 Å². The van der Waals surface area contributed by atoms with Crippen molar-refractivity contribution in [3.63, 3.8) is 0 Å². The van der Waals surface area contributed by atoms with E-state index >= 15 is 0 Å². The molecule has 2 N–H and O–H groups in total. The molecule has 0 aliphatic carbocycles. The average molecular weight is 265 g/mol. The molecular weight excluding hydrogens is 254 g/mol. The van der Waals surface area contributed by atoms with Crippen molar-refractivity contribution in [2.24, 2.45) is 0 Å². The number of carboxylic acid groups (broad SMARTS) is 1. The van der Waals surface area contributed by atoms with Crippen LogP contribution in [0.2, 0.25) is 0 Å². The number of carboxylic acids is 1. The highest BCUT2D eigenvalue weighted by atomic mass is 16.4. The van der Waals surface area contributed by atoms with Crippen LogP contribution in [0.25, 0.3) is 0 Å². The van der Waals surface area contributed by atoms with E-state index in [1.165, 1.54) is 6.20 Å². The van der Waals surface area contributed by atoms with Crippen LogP contribution in [-0.4, -0.2) is 25.6 Å². The topological polar surface area (TPSA) is 118 Å². The van der Waals surface area contributed by atoms with Crippen molar-refractivity contribution >= 4 is 5.97 Å². The summed E-state index contributed by atoms with van der Waals surface area (Å²) in [6.07, 6.45) is 3.16. The van der Waals surface area contributed by atoms with Crippen LogP contribution in [0, 0.1) is 0 Å². The molecule has 0 bridgehead atoms. The number of aromatic carboxylic acids is 1. The smallest absolute Gasteiger partial charge is 0.342 e. The molecule has 8 nitrogen and oxygen atoms in total. The minimum Gasteiger partial charge on any atom is -0.477 e. The molecule has 2 heterocycles. The average Bonchev–Trinajstić information content (AvgIpc) is 2.80. The molecule has 0 atom stereocenters. The van der Waals surface area contributed by atoms with Crippen molar-refractivity contribution in [2.45, 2.75) is 19.9 Å². The Morgan fingerprint density at radius 1 is 1.53 bits per heavy atom. The second kappa shape index (κ2) is 4.92. The number of aryl methyl sites for hydroxylation is 1. The first-order valence-electron chi connectivity index (χ1n) is 5.52. The standard InChI is InChI=1S/C11H11N3O5/c1-2-6-3-12-8(19-6)5-14-4-7(10(16)17)9(15)13-11(14)18/h3-4H,2,5H2,1H3,(H,16,17)(H,13,15,18). The van der Waals surface area contributed by atoms with Crippen LogP contribution in [0.1, 0.15) is 28.9 Å². The van der Waals surface area contributed by atoms with Crippen LogP contribution in [-0.2, 0) is 13.0 Å². The maximum Gasteiger partial charge on any atom is 0.342 e. The van der Waals surface area contributed by atoms with Gasteiger partial charge in [-0.15, -0.1) is 0 Å². The van der Waals surface area contributed by atoms with E-state index in [1.54, 1.807) is 0 Å². The highest BCUT2D eigenvalue weighted by Crippen LogP contribution is 2.05. The van der Waals surface area contributed by atoms with Gasteiger partial charge in [0.05, 0.1) is 6.20 Å². The number of oxazole rings is 1. The summed E-state index contributed by atoms with van der Waals surface area (Å²) in [5.41, 5.74) is -2.16. The summed E-state index contributed by atoms with van der Waals surface area (Å²) in [4.78, 5) is 39.5. The highest BCUT2D eigenvalue weighted by molar-refractivity contribution is 5.86. The van der Waals surface area contributed by atoms with E-state index in [-0.39, 0.29) is 12.4 Å². The summed E-state index contributed by atoms with van der Waals surface area (Å²) in [6.45, 7) is 1.84. The molecule has 0 aromatic carbocycles. The molecule has 2 aromatic rings. The molecule has 0 aliphatic heterocycles. The van der Waals surface area contributed by atoms with E-state index in [0.29, 0.717) is 12.2 Å². The third-order valence-corrected chi connectivity index (χ3v) is 2.50. The monoisotopic (exact) mass is 265 g/mol. The fourth-order valence-corrected chi connectivity index (χ4v) is 1.51. The lowest BCUT2D eigenvalue weighted by Crippen LogP contribution is -2.33. The quantitative estimate of drug-likeness (QED) is 0.792. The number of nitrogens with zero attached hydrogens (tertiary/aromatic N) is 2. The number of hydrogen-bond donors (Lipinski definition) is 2. The molecule has 0 amide bonds. The number of nitrogens with one attached hydrogen (secondary N) is 1. The second-order valence-electron chi connectivity index (χ2n) is 3.81. The lowest BCUT2D eigenvalue weighted by atomic mass is 10.3. The van der Waals surface area contributed by atoms with E-state index in [0.717, 1.165) is 10.8 Å². The molecule has 8 heteroatoms. The fourth-order valence-electron chi connectivity index (χ4n) is 1.51. The summed E-state index contributed by atoms with van der Waals surface area (Å²) in [7, 11) is 0. The van der Waals surface area contributed by atoms with Gasteiger partial charge >= 0.3 is 11.7 Å². The van der Waals surface area contributed by atoms with Gasteiger partial charge in [0, 0.05) is 12.6 Å². The van der Waals surface area contributed by atoms with E-state index < -0.39 is 22.8 Å². The zero-order chi connectivity index (χ0) is 14.0. The van der Waals surface area contributed by atoms with Crippen LogP contribution in [0.5, 0.6) is 0 Å². The largest absolute Gasteiger partial charge is 0.477 e. The first kappa shape index (κ1) is 12.8. The Labute approximate surface area is 106 Å². The Balaban J connectivity index is 2.39. The number of aromatic amines is 1. The summed E-state index contributed by atoms with van der Waals surface area (Å²) in [6, 6.07) is 0. The third kappa shape index (κ3) is 2.62. The first-order chi connectivity index (χ1) is 9.01. The van der Waals surface area contributed by atoms with Crippen LogP contribution in [0.15, 0.2) is 26.4 Å². The number of carbonyl (C=O) groups is 1. The van der Waals surface area contributed by atoms with Crippen LogP contribution in [0.4, 0.5) is 0 Å². The van der Waals surface area contributed by atoms with Crippen LogP contribution >= 0.6 is 0 Å². The van der Waals surface area contributed by atoms with Crippen molar-refractivity contribution in [1.29, 1.82) is 0 Å². The lowest BCUT2D eigenvalue weighted by Gasteiger charge is -2.02. The van der Waals surface area contributed by atoms with E-state index in [4.69, 9.17) is 9.52 Å². The van der Waals surface area contributed by atoms with Gasteiger partial charge in [0.15, 0.2) is 0 Å². The molecule has 100 valence electrons. The highest BCUT2D eigenvalue weighted by Gasteiger charge is 2.13. The van der Waals surface area contributed by atoms with Crippen molar-refractivity contribution in [1.82, 2.24) is 14.5 Å². The van der Waals surface area contributed by atoms with Crippen molar-refractivity contribution < 1.29 is 14.3 Å². The number of rotatable bonds is 4. The normalized spacial score (nSPS) is 10.6. The molecule has 19 heavy (non-hydrogen) atoms. The molecule has 0 unspecified atom stereocenters. The van der Waals surface area contributed by atoms with Gasteiger partial charge in [-0.05, 0) is 0 Å². The number of H-pyrrole nitrogens is 1. The van der Waals surface area contributed by atoms with E-state index in [2.05, 4.69) is 4.98 Å². The molecule has 0 spiro atoms. The predicted molar refractivity (Wildman–Crippen MR) is 63.3 cm³/mol. The van der Waals surface area contributed by atoms with Crippen molar-refractivity contribution in [3.8, 4) is 0 Å². The number of hydrogen-bond acceptors (Lipinski definition) is 5. The molecule has 0 aliphatic rings. The molecule has 2 rings (SSSR count). The Morgan fingerprint density at radius 2 is 2.26 bits per heavy atom. The molecule has 0 saturated heterocycles. The summed E-state index contributed by atoms with van der Waals surface area (Å²) in [5.74, 6) is -0.482. The van der Waals surface area contributed by atoms with E-state index in [1.807, 2.05) is 11.9 Å². The van der Waals surface area contributed by atoms with Gasteiger partial charge in [-0.25, -0.2) is 14.6 Å². The summed E-state index contributed by atoms with van der Waals surface area (Å²) < 4.78 is 6.34. The maximum absolute atomic E-state index is 11.5. The van der Waals surface area contributed by atoms with Crippen molar-refractivity contribution in [2.75, 3.05) is 0 Å². The molecule has 0 fully saturated rings. The van der Waals surface area contributed by atoms with E-state index in [9.17, 15) is 14.4 Å². The third-order valence-electron chi connectivity index (χ3n) is 2.50. The van der Waals surface area contributed by atoms with Gasteiger partial charge < -0.3 is 9.52 Å². The van der Waals surface area contributed by atoms with Gasteiger partial charge in [-0.1, -0.05) is 6.92 Å². The fraction of sp³-hybridized carbons (Fsp3) is 0.273. The van der Waals surface area contributed by atoms with Gasteiger partial charge in [0.1, 0.15) is 17.9 Å². The molecular formula is C11H11N3O5. The van der Waals surface area contributed by atoms with Crippen LogP contribution in [0.3, 0.4) is 0 Å². The second-order valence-corrected chi connectivity index (χ2v) is 3.81. The Kier molecular flexibility index (Phi) is 3.32. The van der Waals surface area contributed by atoms with Gasteiger partial charge in [0.2, 0.25) is 5.89 Å². The minimum atomic E-state index is -1.41.